The molecule has 2 heterocycles. The van der Waals surface area contributed by atoms with Crippen LogP contribution in [0.3, 0.4) is 0 Å². The number of rotatable bonds is 7. The van der Waals surface area contributed by atoms with Crippen molar-refractivity contribution < 1.29 is 18.0 Å². The normalized spacial score (nSPS) is 21.1. The van der Waals surface area contributed by atoms with Crippen LogP contribution in [0.4, 0.5) is 0 Å². The highest BCUT2D eigenvalue weighted by Gasteiger charge is 2.32. The third kappa shape index (κ3) is 6.05. The fourth-order valence-electron chi connectivity index (χ4n) is 4.09. The smallest absolute Gasteiger partial charge is 0.243 e. The van der Waals surface area contributed by atoms with Gasteiger partial charge >= 0.3 is 0 Å². The molecule has 9 heteroatoms. The van der Waals surface area contributed by atoms with Crippen molar-refractivity contribution in [2.75, 3.05) is 52.4 Å². The average molecular weight is 451 g/mol. The van der Waals surface area contributed by atoms with Gasteiger partial charge in [-0.2, -0.15) is 4.31 Å². The number of likely N-dealkylation sites (tertiary alicyclic amines) is 1. The van der Waals surface area contributed by atoms with Crippen LogP contribution in [0.15, 0.2) is 29.2 Å². The summed E-state index contributed by atoms with van der Waals surface area (Å²) in [6, 6.07) is 6.89. The largest absolute Gasteiger partial charge is 0.356 e. The predicted molar refractivity (Wildman–Crippen MR) is 119 cm³/mol. The molecular weight excluding hydrogens is 416 g/mol. The molecule has 2 fully saturated rings. The first-order valence-electron chi connectivity index (χ1n) is 11.2. The lowest BCUT2D eigenvalue weighted by Gasteiger charge is -2.36. The number of piperidine rings is 1. The molecule has 31 heavy (non-hydrogen) atoms. The predicted octanol–water partition coefficient (Wildman–Crippen LogP) is 1.07. The molecule has 8 nitrogen and oxygen atoms in total. The Morgan fingerprint density at radius 1 is 1.06 bits per heavy atom. The number of nitrogens with zero attached hydrogens (tertiary/aromatic N) is 3. The molecule has 1 N–H and O–H groups in total. The highest BCUT2D eigenvalue weighted by atomic mass is 32.2. The van der Waals surface area contributed by atoms with Crippen molar-refractivity contribution in [3.05, 3.63) is 29.8 Å². The van der Waals surface area contributed by atoms with Crippen LogP contribution in [-0.2, 0) is 19.6 Å². The molecular formula is C22H34N4O4S. The monoisotopic (exact) mass is 450 g/mol. The average Bonchev–Trinajstić information content (AvgIpc) is 2.78. The number of carbonyl (C=O) groups is 2. The minimum Gasteiger partial charge on any atom is -0.356 e. The molecule has 1 aromatic rings. The number of amides is 2. The Morgan fingerprint density at radius 2 is 1.74 bits per heavy atom. The van der Waals surface area contributed by atoms with Crippen LogP contribution < -0.4 is 5.32 Å². The molecule has 3 rings (SSSR count). The summed E-state index contributed by atoms with van der Waals surface area (Å²) in [6.07, 6.45) is 2.54. The highest BCUT2D eigenvalue weighted by molar-refractivity contribution is 7.89. The van der Waals surface area contributed by atoms with E-state index in [1.54, 1.807) is 29.2 Å². The van der Waals surface area contributed by atoms with Gasteiger partial charge in [-0.15, -0.1) is 0 Å². The fraction of sp³-hybridized carbons (Fsp3) is 0.636. The quantitative estimate of drug-likeness (QED) is 0.671. The number of benzene rings is 1. The summed E-state index contributed by atoms with van der Waals surface area (Å²) in [5.41, 5.74) is 1.02. The van der Waals surface area contributed by atoms with Crippen molar-refractivity contribution in [2.24, 2.45) is 5.92 Å². The zero-order chi connectivity index (χ0) is 22.4. The molecule has 0 aliphatic carbocycles. The second-order valence-corrected chi connectivity index (χ2v) is 10.4. The first kappa shape index (κ1) is 23.7. The molecule has 2 aliphatic rings. The molecule has 1 aromatic carbocycles. The van der Waals surface area contributed by atoms with Gasteiger partial charge in [-0.05, 0) is 38.3 Å². The molecule has 0 radical (unpaired) electrons. The van der Waals surface area contributed by atoms with Crippen molar-refractivity contribution >= 4 is 21.8 Å². The van der Waals surface area contributed by atoms with Crippen molar-refractivity contribution in [1.82, 2.24) is 19.4 Å². The van der Waals surface area contributed by atoms with E-state index in [1.807, 2.05) is 18.7 Å². The van der Waals surface area contributed by atoms with E-state index in [4.69, 9.17) is 0 Å². The minimum absolute atomic E-state index is 0.0165. The zero-order valence-corrected chi connectivity index (χ0v) is 19.4. The summed E-state index contributed by atoms with van der Waals surface area (Å²) in [5, 5.41) is 2.93. The fourth-order valence-corrected chi connectivity index (χ4v) is 5.51. The maximum Gasteiger partial charge on any atom is 0.243 e. The van der Waals surface area contributed by atoms with E-state index in [0.29, 0.717) is 50.7 Å². The number of hydrogen-bond acceptors (Lipinski definition) is 5. The van der Waals surface area contributed by atoms with Crippen LogP contribution in [-0.4, -0.2) is 86.7 Å². The van der Waals surface area contributed by atoms with Gasteiger partial charge in [-0.1, -0.05) is 24.6 Å². The van der Waals surface area contributed by atoms with Crippen LogP contribution >= 0.6 is 0 Å². The Hall–Kier alpha value is -1.97. The number of aryl methyl sites for hydroxylation is 1. The third-order valence-electron chi connectivity index (χ3n) is 6.04. The van der Waals surface area contributed by atoms with Gasteiger partial charge in [-0.25, -0.2) is 8.42 Å². The summed E-state index contributed by atoms with van der Waals surface area (Å²) in [4.78, 5) is 29.2. The SMILES string of the molecule is CCCNC(=O)C1CCCN(C(=O)CN2CCN(S(=O)(=O)c3ccc(C)cc3)CC2)C1. The van der Waals surface area contributed by atoms with Gasteiger partial charge in [0.05, 0.1) is 17.4 Å². The van der Waals surface area contributed by atoms with E-state index in [2.05, 4.69) is 5.32 Å². The summed E-state index contributed by atoms with van der Waals surface area (Å²) in [5.74, 6) is -0.0853. The number of nitrogens with one attached hydrogen (secondary N) is 1. The number of hydrogen-bond donors (Lipinski definition) is 1. The first-order valence-corrected chi connectivity index (χ1v) is 12.6. The van der Waals surface area contributed by atoms with Crippen LogP contribution in [0.25, 0.3) is 0 Å². The van der Waals surface area contributed by atoms with E-state index < -0.39 is 10.0 Å². The molecule has 0 spiro atoms. The number of carbonyl (C=O) groups excluding carboxylic acids is 2. The summed E-state index contributed by atoms with van der Waals surface area (Å²) < 4.78 is 27.2. The number of sulfonamides is 1. The summed E-state index contributed by atoms with van der Waals surface area (Å²) in [7, 11) is -3.51. The van der Waals surface area contributed by atoms with Crippen molar-refractivity contribution in [3.8, 4) is 0 Å². The lowest BCUT2D eigenvalue weighted by molar-refractivity contribution is -0.136. The Bertz CT molecular complexity index is 864. The molecule has 2 aliphatic heterocycles. The van der Waals surface area contributed by atoms with Gasteiger partial charge in [0.2, 0.25) is 21.8 Å². The van der Waals surface area contributed by atoms with E-state index in [9.17, 15) is 18.0 Å². The minimum atomic E-state index is -3.51. The van der Waals surface area contributed by atoms with Gasteiger partial charge in [0.1, 0.15) is 0 Å². The molecule has 2 saturated heterocycles. The molecule has 1 unspecified atom stereocenters. The van der Waals surface area contributed by atoms with Gasteiger partial charge in [-0.3, -0.25) is 14.5 Å². The van der Waals surface area contributed by atoms with E-state index in [-0.39, 0.29) is 24.3 Å². The van der Waals surface area contributed by atoms with Crippen molar-refractivity contribution in [1.29, 1.82) is 0 Å². The van der Waals surface area contributed by atoms with Gasteiger partial charge in [0.25, 0.3) is 0 Å². The van der Waals surface area contributed by atoms with E-state index in [1.165, 1.54) is 4.31 Å². The summed E-state index contributed by atoms with van der Waals surface area (Å²) in [6.45, 7) is 7.79. The third-order valence-corrected chi connectivity index (χ3v) is 7.96. The second kappa shape index (κ2) is 10.6. The number of piperazine rings is 1. The summed E-state index contributed by atoms with van der Waals surface area (Å²) >= 11 is 0. The molecule has 0 saturated carbocycles. The van der Waals surface area contributed by atoms with E-state index in [0.717, 1.165) is 24.8 Å². The Kier molecular flexibility index (Phi) is 8.07. The second-order valence-electron chi connectivity index (χ2n) is 8.46. The van der Waals surface area contributed by atoms with Crippen LogP contribution in [0.2, 0.25) is 0 Å². The topological polar surface area (TPSA) is 90.0 Å². The van der Waals surface area contributed by atoms with Crippen molar-refractivity contribution in [2.45, 2.75) is 38.0 Å². The lowest BCUT2D eigenvalue weighted by atomic mass is 9.97. The molecule has 0 aromatic heterocycles. The Balaban J connectivity index is 1.49. The maximum atomic E-state index is 12.8. The molecule has 1 atom stereocenters. The lowest BCUT2D eigenvalue weighted by Crippen LogP contribution is -2.53. The van der Waals surface area contributed by atoms with Gasteiger partial charge < -0.3 is 10.2 Å². The molecule has 172 valence electrons. The van der Waals surface area contributed by atoms with Gasteiger partial charge in [0, 0.05) is 45.8 Å². The molecule has 2 amide bonds. The van der Waals surface area contributed by atoms with Crippen molar-refractivity contribution in [3.63, 3.8) is 0 Å². The highest BCUT2D eigenvalue weighted by Crippen LogP contribution is 2.20. The van der Waals surface area contributed by atoms with Crippen LogP contribution in [0.1, 0.15) is 31.7 Å². The maximum absolute atomic E-state index is 12.8. The van der Waals surface area contributed by atoms with Crippen LogP contribution in [0.5, 0.6) is 0 Å². The molecule has 0 bridgehead atoms. The van der Waals surface area contributed by atoms with Crippen LogP contribution in [0, 0.1) is 12.8 Å². The van der Waals surface area contributed by atoms with E-state index >= 15 is 0 Å². The zero-order valence-electron chi connectivity index (χ0n) is 18.5. The standard InChI is InChI=1S/C22H34N4O4S/c1-3-10-23-22(28)19-5-4-11-25(16-19)21(27)17-24-12-14-26(15-13-24)31(29,30)20-8-6-18(2)7-9-20/h6-9,19H,3-5,10-17H2,1-2H3,(H,23,28). The van der Waals surface area contributed by atoms with Gasteiger partial charge in [0.15, 0.2) is 0 Å². The Labute approximate surface area is 185 Å². The Morgan fingerprint density at radius 3 is 2.39 bits per heavy atom. The first-order chi connectivity index (χ1) is 14.8.